The first-order valence-corrected chi connectivity index (χ1v) is 10.2. The van der Waals surface area contributed by atoms with Crippen molar-refractivity contribution in [1.82, 2.24) is 9.78 Å². The topological polar surface area (TPSA) is 41.9 Å². The molecule has 0 aliphatic carbocycles. The van der Waals surface area contributed by atoms with E-state index < -0.39 is 0 Å². The van der Waals surface area contributed by atoms with Gasteiger partial charge in [0, 0.05) is 11.2 Å². The Morgan fingerprint density at radius 3 is 2.48 bits per heavy atom. The highest BCUT2D eigenvalue weighted by atomic mass is 79.9. The van der Waals surface area contributed by atoms with Crippen molar-refractivity contribution in [1.29, 1.82) is 0 Å². The maximum atomic E-state index is 6.14. The van der Waals surface area contributed by atoms with Crippen LogP contribution in [0.25, 0.3) is 0 Å². The first-order chi connectivity index (χ1) is 12.8. The number of nitrogens with one attached hydrogen (secondary N) is 2. The van der Waals surface area contributed by atoms with Gasteiger partial charge in [-0.1, -0.05) is 52.5 Å². The Labute approximate surface area is 189 Å². The molecule has 0 bridgehead atoms. The number of benzene rings is 2. The summed E-state index contributed by atoms with van der Waals surface area (Å²) in [5, 5.41) is 12.9. The maximum Gasteiger partial charge on any atom is 0.176 e. The summed E-state index contributed by atoms with van der Waals surface area (Å²) in [4.78, 5) is 0. The second-order valence-corrected chi connectivity index (χ2v) is 8.40. The number of hydrogen-bond acceptors (Lipinski definition) is 2. The molecule has 0 spiro atoms. The van der Waals surface area contributed by atoms with E-state index >= 15 is 0 Å². The van der Waals surface area contributed by atoms with E-state index in [1.165, 1.54) is 0 Å². The normalized spacial score (nSPS) is 10.7. The maximum absolute atomic E-state index is 6.14. The van der Waals surface area contributed by atoms with Crippen LogP contribution in [0.2, 0.25) is 20.1 Å². The molecule has 1 aromatic heterocycles. The third-order valence-corrected chi connectivity index (χ3v) is 5.53. The summed E-state index contributed by atoms with van der Waals surface area (Å²) in [5.74, 6) is 0.567. The van der Waals surface area contributed by atoms with Crippen molar-refractivity contribution in [2.24, 2.45) is 0 Å². The fourth-order valence-corrected chi connectivity index (χ4v) is 3.64. The molecule has 0 saturated heterocycles. The molecular formula is C17H11BrCl4N4S. The van der Waals surface area contributed by atoms with Crippen LogP contribution in [-0.2, 0) is 6.54 Å². The molecule has 2 N–H and O–H groups in total. The molecule has 0 fully saturated rings. The largest absolute Gasteiger partial charge is 0.331 e. The highest BCUT2D eigenvalue weighted by molar-refractivity contribution is 9.10. The predicted octanol–water partition coefficient (Wildman–Crippen LogP) is 7.12. The van der Waals surface area contributed by atoms with E-state index in [4.69, 9.17) is 58.6 Å². The average Bonchev–Trinajstić information content (AvgIpc) is 2.93. The summed E-state index contributed by atoms with van der Waals surface area (Å²) in [5.41, 5.74) is 1.62. The summed E-state index contributed by atoms with van der Waals surface area (Å²) in [6, 6.07) is 10.6. The number of thiocarbonyl (C=S) groups is 1. The first kappa shape index (κ1) is 20.7. The quantitative estimate of drug-likeness (QED) is 0.357. The van der Waals surface area contributed by atoms with Crippen LogP contribution in [0, 0.1) is 0 Å². The van der Waals surface area contributed by atoms with Crippen molar-refractivity contribution in [3.63, 3.8) is 0 Å². The Hall–Kier alpha value is -1.02. The number of halogens is 5. The molecule has 0 amide bonds. The fourth-order valence-electron chi connectivity index (χ4n) is 2.24. The second-order valence-electron chi connectivity index (χ2n) is 5.47. The fraction of sp³-hybridized carbons (Fsp3) is 0.0588. The van der Waals surface area contributed by atoms with E-state index in [0.29, 0.717) is 43.3 Å². The lowest BCUT2D eigenvalue weighted by Crippen LogP contribution is -2.20. The Kier molecular flexibility index (Phi) is 6.89. The van der Waals surface area contributed by atoms with Crippen LogP contribution in [-0.4, -0.2) is 14.9 Å². The van der Waals surface area contributed by atoms with Crippen LogP contribution in [0.5, 0.6) is 0 Å². The van der Waals surface area contributed by atoms with Crippen molar-refractivity contribution in [2.75, 3.05) is 10.6 Å². The predicted molar refractivity (Wildman–Crippen MR) is 122 cm³/mol. The van der Waals surface area contributed by atoms with Crippen LogP contribution >= 0.6 is 74.6 Å². The minimum Gasteiger partial charge on any atom is -0.331 e. The third kappa shape index (κ3) is 5.50. The van der Waals surface area contributed by atoms with Crippen LogP contribution < -0.4 is 10.6 Å². The summed E-state index contributed by atoms with van der Waals surface area (Å²) in [6.45, 7) is 0.528. The first-order valence-electron chi connectivity index (χ1n) is 7.52. The van der Waals surface area contributed by atoms with E-state index in [-0.39, 0.29) is 0 Å². The highest BCUT2D eigenvalue weighted by Crippen LogP contribution is 2.27. The standard InChI is InChI=1S/C17H11BrCl4N4S/c18-11-8-26(7-9-1-3-12(20)13(21)5-9)25-16(11)24-17(27)23-15-4-2-10(19)6-14(15)22/h1-6,8H,7H2,(H2,23,24,25,27). The molecule has 3 aromatic rings. The van der Waals surface area contributed by atoms with Gasteiger partial charge in [0.15, 0.2) is 10.9 Å². The summed E-state index contributed by atoms with van der Waals surface area (Å²) >= 11 is 32.8. The summed E-state index contributed by atoms with van der Waals surface area (Å²) in [7, 11) is 0. The van der Waals surface area contributed by atoms with Gasteiger partial charge in [0.1, 0.15) is 0 Å². The van der Waals surface area contributed by atoms with E-state index in [1.54, 1.807) is 35.0 Å². The lowest BCUT2D eigenvalue weighted by Gasteiger charge is -2.10. The van der Waals surface area contributed by atoms with Gasteiger partial charge in [0.2, 0.25) is 0 Å². The van der Waals surface area contributed by atoms with E-state index in [2.05, 4.69) is 31.7 Å². The monoisotopic (exact) mass is 522 g/mol. The van der Waals surface area contributed by atoms with Gasteiger partial charge in [-0.25, -0.2) is 0 Å². The van der Waals surface area contributed by atoms with E-state index in [1.807, 2.05) is 12.3 Å². The summed E-state index contributed by atoms with van der Waals surface area (Å²) < 4.78 is 2.51. The Morgan fingerprint density at radius 2 is 1.78 bits per heavy atom. The van der Waals surface area contributed by atoms with Crippen molar-refractivity contribution in [2.45, 2.75) is 6.54 Å². The molecule has 0 aliphatic heterocycles. The van der Waals surface area contributed by atoms with Crippen molar-refractivity contribution in [3.8, 4) is 0 Å². The van der Waals surface area contributed by atoms with Crippen molar-refractivity contribution in [3.05, 3.63) is 72.7 Å². The van der Waals surface area contributed by atoms with Gasteiger partial charge < -0.3 is 10.6 Å². The van der Waals surface area contributed by atoms with Gasteiger partial charge in [-0.2, -0.15) is 5.10 Å². The zero-order chi connectivity index (χ0) is 19.6. The molecule has 0 aliphatic rings. The van der Waals surface area contributed by atoms with E-state index in [0.717, 1.165) is 10.0 Å². The molecule has 27 heavy (non-hydrogen) atoms. The number of aromatic nitrogens is 2. The van der Waals surface area contributed by atoms with Crippen molar-refractivity contribution >= 4 is 91.2 Å². The Morgan fingerprint density at radius 1 is 1.00 bits per heavy atom. The minimum absolute atomic E-state index is 0.347. The van der Waals surface area contributed by atoms with E-state index in [9.17, 15) is 0 Å². The number of rotatable bonds is 4. The zero-order valence-corrected chi connectivity index (χ0v) is 18.9. The van der Waals surface area contributed by atoms with Crippen molar-refractivity contribution < 1.29 is 0 Å². The van der Waals surface area contributed by atoms with Crippen LogP contribution in [0.4, 0.5) is 11.5 Å². The van der Waals surface area contributed by atoms with Gasteiger partial charge >= 0.3 is 0 Å². The van der Waals surface area contributed by atoms with Gasteiger partial charge in [-0.3, -0.25) is 4.68 Å². The zero-order valence-electron chi connectivity index (χ0n) is 13.4. The molecule has 3 rings (SSSR count). The molecule has 0 radical (unpaired) electrons. The highest BCUT2D eigenvalue weighted by Gasteiger charge is 2.11. The number of nitrogens with zero attached hydrogens (tertiary/aromatic N) is 2. The van der Waals surface area contributed by atoms with Crippen LogP contribution in [0.15, 0.2) is 47.1 Å². The molecule has 0 saturated carbocycles. The second kappa shape index (κ2) is 8.99. The van der Waals surface area contributed by atoms with Crippen LogP contribution in [0.1, 0.15) is 5.56 Å². The van der Waals surface area contributed by atoms with Gasteiger partial charge in [0.25, 0.3) is 0 Å². The minimum atomic E-state index is 0.347. The molecular weight excluding hydrogens is 514 g/mol. The summed E-state index contributed by atoms with van der Waals surface area (Å²) in [6.07, 6.45) is 1.84. The number of hydrogen-bond donors (Lipinski definition) is 2. The molecule has 1 heterocycles. The molecule has 2 aromatic carbocycles. The SMILES string of the molecule is S=C(Nc1ccc(Cl)cc1Cl)Nc1nn(Cc2ccc(Cl)c(Cl)c2)cc1Br. The lowest BCUT2D eigenvalue weighted by atomic mass is 10.2. The lowest BCUT2D eigenvalue weighted by molar-refractivity contribution is 0.689. The van der Waals surface area contributed by atoms with Crippen LogP contribution in [0.3, 0.4) is 0 Å². The van der Waals surface area contributed by atoms with Gasteiger partial charge in [-0.05, 0) is 64.0 Å². The molecule has 10 heteroatoms. The average molecular weight is 525 g/mol. The van der Waals surface area contributed by atoms with Gasteiger partial charge in [0.05, 0.1) is 31.8 Å². The third-order valence-electron chi connectivity index (χ3n) is 3.46. The molecule has 140 valence electrons. The Balaban J connectivity index is 1.68. The number of anilines is 2. The smallest absolute Gasteiger partial charge is 0.176 e. The van der Waals surface area contributed by atoms with Gasteiger partial charge in [-0.15, -0.1) is 0 Å². The Bertz CT molecular complexity index is 1010. The molecule has 0 unspecified atom stereocenters. The molecule has 0 atom stereocenters. The molecule has 4 nitrogen and oxygen atoms in total.